The summed E-state index contributed by atoms with van der Waals surface area (Å²) in [5.74, 6) is 0. The van der Waals surface area contributed by atoms with Crippen molar-refractivity contribution >= 4 is 16.7 Å². The van der Waals surface area contributed by atoms with Crippen molar-refractivity contribution in [2.45, 2.75) is 12.8 Å². The van der Waals surface area contributed by atoms with Crippen molar-refractivity contribution in [1.29, 1.82) is 0 Å². The maximum absolute atomic E-state index is 12.9. The standard InChI is InChI=1S/C15H12F3N3/c16-15(17,18)11-5-1-2-6-12(11)19-9-21-10-20-13-7-3-4-8-14(13)21/h1-8,10,19H,9H2. The highest BCUT2D eigenvalue weighted by molar-refractivity contribution is 5.75. The molecule has 0 amide bonds. The highest BCUT2D eigenvalue weighted by Gasteiger charge is 2.33. The minimum Gasteiger partial charge on any atom is -0.367 e. The quantitative estimate of drug-likeness (QED) is 0.786. The number of anilines is 1. The van der Waals surface area contributed by atoms with Crippen LogP contribution in [0.3, 0.4) is 0 Å². The first-order valence-electron chi connectivity index (χ1n) is 6.36. The lowest BCUT2D eigenvalue weighted by molar-refractivity contribution is -0.137. The highest BCUT2D eigenvalue weighted by Crippen LogP contribution is 2.34. The van der Waals surface area contributed by atoms with E-state index in [9.17, 15) is 13.2 Å². The first-order chi connectivity index (χ1) is 10.1. The predicted molar refractivity (Wildman–Crippen MR) is 74.8 cm³/mol. The van der Waals surface area contributed by atoms with Gasteiger partial charge in [0.2, 0.25) is 0 Å². The van der Waals surface area contributed by atoms with E-state index in [0.717, 1.165) is 17.1 Å². The average molecular weight is 291 g/mol. The van der Waals surface area contributed by atoms with E-state index in [1.807, 2.05) is 24.3 Å². The fourth-order valence-electron chi connectivity index (χ4n) is 2.19. The molecular formula is C15H12F3N3. The molecule has 0 bridgehead atoms. The molecule has 21 heavy (non-hydrogen) atoms. The summed E-state index contributed by atoms with van der Waals surface area (Å²) in [6.45, 7) is 0.216. The SMILES string of the molecule is FC(F)(F)c1ccccc1NCn1cnc2ccccc21. The molecule has 6 heteroatoms. The van der Waals surface area contributed by atoms with E-state index < -0.39 is 11.7 Å². The minimum atomic E-state index is -4.37. The van der Waals surface area contributed by atoms with Crippen LogP contribution in [-0.4, -0.2) is 9.55 Å². The number of nitrogens with zero attached hydrogens (tertiary/aromatic N) is 2. The van der Waals surface area contributed by atoms with Gasteiger partial charge in [0.25, 0.3) is 0 Å². The first-order valence-corrected chi connectivity index (χ1v) is 6.36. The number of para-hydroxylation sites is 3. The van der Waals surface area contributed by atoms with Crippen LogP contribution in [0.1, 0.15) is 5.56 Å². The van der Waals surface area contributed by atoms with Crippen molar-refractivity contribution in [2.24, 2.45) is 0 Å². The lowest BCUT2D eigenvalue weighted by atomic mass is 10.1. The van der Waals surface area contributed by atoms with Crippen LogP contribution in [0.2, 0.25) is 0 Å². The van der Waals surface area contributed by atoms with Gasteiger partial charge >= 0.3 is 6.18 Å². The summed E-state index contributed by atoms with van der Waals surface area (Å²) in [6.07, 6.45) is -2.77. The van der Waals surface area contributed by atoms with Crippen LogP contribution in [0.25, 0.3) is 11.0 Å². The van der Waals surface area contributed by atoms with Crippen LogP contribution in [0.5, 0.6) is 0 Å². The van der Waals surface area contributed by atoms with Crippen LogP contribution in [0.15, 0.2) is 54.9 Å². The van der Waals surface area contributed by atoms with Gasteiger partial charge in [-0.2, -0.15) is 13.2 Å². The summed E-state index contributed by atoms with van der Waals surface area (Å²) < 4.78 is 40.5. The molecule has 0 saturated heterocycles. The fraction of sp³-hybridized carbons (Fsp3) is 0.133. The van der Waals surface area contributed by atoms with Gasteiger partial charge in [0.15, 0.2) is 0 Å². The lowest BCUT2D eigenvalue weighted by Gasteiger charge is -2.15. The van der Waals surface area contributed by atoms with Crippen molar-refractivity contribution in [2.75, 3.05) is 5.32 Å². The van der Waals surface area contributed by atoms with Gasteiger partial charge < -0.3 is 9.88 Å². The Bertz CT molecular complexity index is 762. The van der Waals surface area contributed by atoms with Crippen molar-refractivity contribution in [1.82, 2.24) is 9.55 Å². The molecule has 0 aliphatic carbocycles. The molecule has 108 valence electrons. The van der Waals surface area contributed by atoms with Gasteiger partial charge in [0.1, 0.15) is 0 Å². The van der Waals surface area contributed by atoms with Gasteiger partial charge in [-0.3, -0.25) is 0 Å². The third-order valence-electron chi connectivity index (χ3n) is 3.20. The smallest absolute Gasteiger partial charge is 0.367 e. The second-order valence-electron chi connectivity index (χ2n) is 4.58. The molecule has 0 spiro atoms. The molecule has 0 aliphatic rings. The second kappa shape index (κ2) is 5.12. The number of nitrogens with one attached hydrogen (secondary N) is 1. The molecule has 3 rings (SSSR count). The van der Waals surface area contributed by atoms with Gasteiger partial charge in [0, 0.05) is 5.69 Å². The number of hydrogen-bond acceptors (Lipinski definition) is 2. The molecule has 1 aromatic heterocycles. The number of rotatable bonds is 3. The van der Waals surface area contributed by atoms with Crippen molar-refractivity contribution < 1.29 is 13.2 Å². The third-order valence-corrected chi connectivity index (χ3v) is 3.20. The van der Waals surface area contributed by atoms with E-state index in [1.54, 1.807) is 17.0 Å². The van der Waals surface area contributed by atoms with E-state index in [4.69, 9.17) is 0 Å². The lowest BCUT2D eigenvalue weighted by Crippen LogP contribution is -2.13. The summed E-state index contributed by atoms with van der Waals surface area (Å²) >= 11 is 0. The van der Waals surface area contributed by atoms with Crippen LogP contribution in [0.4, 0.5) is 18.9 Å². The largest absolute Gasteiger partial charge is 0.418 e. The number of benzene rings is 2. The normalized spacial score (nSPS) is 11.8. The van der Waals surface area contributed by atoms with Gasteiger partial charge in [-0.1, -0.05) is 24.3 Å². The summed E-state index contributed by atoms with van der Waals surface area (Å²) in [6, 6.07) is 12.9. The molecular weight excluding hydrogens is 279 g/mol. The summed E-state index contributed by atoms with van der Waals surface area (Å²) in [5, 5.41) is 2.82. The number of aromatic nitrogens is 2. The van der Waals surface area contributed by atoms with Gasteiger partial charge in [0.05, 0.1) is 29.6 Å². The molecule has 0 unspecified atom stereocenters. The molecule has 1 heterocycles. The summed E-state index contributed by atoms with van der Waals surface area (Å²) in [4.78, 5) is 4.20. The Hall–Kier alpha value is -2.50. The number of alkyl halides is 3. The molecule has 0 aliphatic heterocycles. The van der Waals surface area contributed by atoms with Gasteiger partial charge in [-0.25, -0.2) is 4.98 Å². The molecule has 0 fully saturated rings. The number of imidazole rings is 1. The Balaban J connectivity index is 1.86. The minimum absolute atomic E-state index is 0.0581. The van der Waals surface area contributed by atoms with Crippen LogP contribution >= 0.6 is 0 Å². The zero-order valence-corrected chi connectivity index (χ0v) is 10.9. The Kier molecular flexibility index (Phi) is 3.29. The number of halogens is 3. The Morgan fingerprint density at radius 2 is 1.71 bits per heavy atom. The van der Waals surface area contributed by atoms with E-state index in [2.05, 4.69) is 10.3 Å². The van der Waals surface area contributed by atoms with E-state index in [0.29, 0.717) is 0 Å². The van der Waals surface area contributed by atoms with Gasteiger partial charge in [-0.15, -0.1) is 0 Å². The Labute approximate surface area is 119 Å². The molecule has 3 aromatic rings. The Morgan fingerprint density at radius 3 is 2.52 bits per heavy atom. The zero-order chi connectivity index (χ0) is 14.9. The van der Waals surface area contributed by atoms with Crippen LogP contribution < -0.4 is 5.32 Å². The van der Waals surface area contributed by atoms with Crippen molar-refractivity contribution in [3.05, 3.63) is 60.4 Å². The molecule has 2 aromatic carbocycles. The topological polar surface area (TPSA) is 29.9 Å². The summed E-state index contributed by atoms with van der Waals surface area (Å²) in [7, 11) is 0. The molecule has 0 radical (unpaired) electrons. The molecule has 1 N–H and O–H groups in total. The Morgan fingerprint density at radius 1 is 1.00 bits per heavy atom. The zero-order valence-electron chi connectivity index (χ0n) is 10.9. The molecule has 0 atom stereocenters. The number of hydrogen-bond donors (Lipinski definition) is 1. The van der Waals surface area contributed by atoms with E-state index >= 15 is 0 Å². The first kappa shape index (κ1) is 13.5. The molecule has 0 saturated carbocycles. The number of fused-ring (bicyclic) bond motifs is 1. The average Bonchev–Trinajstić information content (AvgIpc) is 2.88. The highest BCUT2D eigenvalue weighted by atomic mass is 19.4. The second-order valence-corrected chi connectivity index (χ2v) is 4.58. The predicted octanol–water partition coefficient (Wildman–Crippen LogP) is 4.12. The fourth-order valence-corrected chi connectivity index (χ4v) is 2.19. The molecule has 3 nitrogen and oxygen atoms in total. The van der Waals surface area contributed by atoms with E-state index in [1.165, 1.54) is 12.1 Å². The van der Waals surface area contributed by atoms with Crippen molar-refractivity contribution in [3.63, 3.8) is 0 Å². The van der Waals surface area contributed by atoms with E-state index in [-0.39, 0.29) is 12.4 Å². The monoisotopic (exact) mass is 291 g/mol. The van der Waals surface area contributed by atoms with Crippen LogP contribution in [0, 0.1) is 0 Å². The third kappa shape index (κ3) is 2.69. The maximum Gasteiger partial charge on any atom is 0.418 e. The summed E-state index contributed by atoms with van der Waals surface area (Å²) in [5.41, 5.74) is 1.06. The van der Waals surface area contributed by atoms with Crippen LogP contribution in [-0.2, 0) is 12.8 Å². The maximum atomic E-state index is 12.9. The van der Waals surface area contributed by atoms with Gasteiger partial charge in [-0.05, 0) is 24.3 Å². The van der Waals surface area contributed by atoms with Crippen molar-refractivity contribution in [3.8, 4) is 0 Å².